The Balaban J connectivity index is 2.54. The topological polar surface area (TPSA) is 55.1 Å². The van der Waals surface area contributed by atoms with Crippen LogP contribution in [0.1, 0.15) is 5.56 Å². The van der Waals surface area contributed by atoms with Crippen molar-refractivity contribution < 1.29 is 9.18 Å². The van der Waals surface area contributed by atoms with Crippen molar-refractivity contribution in [2.45, 2.75) is 6.54 Å². The summed E-state index contributed by atoms with van der Waals surface area (Å²) in [5.74, 6) is -0.846. The molecule has 1 rings (SSSR count). The molecule has 5 heteroatoms. The summed E-state index contributed by atoms with van der Waals surface area (Å²) in [4.78, 5) is 10.4. The molecule has 1 amide bonds. The summed E-state index contributed by atoms with van der Waals surface area (Å²) in [6.45, 7) is 0.425. The van der Waals surface area contributed by atoms with Gasteiger partial charge < -0.3 is 11.1 Å². The zero-order valence-electron chi connectivity index (χ0n) is 7.39. The molecule has 3 nitrogen and oxygen atoms in total. The molecule has 0 spiro atoms. The smallest absolute Gasteiger partial charge is 0.231 e. The monoisotopic (exact) mass is 216 g/mol. The number of hydrogen-bond acceptors (Lipinski definition) is 2. The Morgan fingerprint density at radius 1 is 1.50 bits per heavy atom. The third kappa shape index (κ3) is 3.72. The number of amides is 1. The van der Waals surface area contributed by atoms with Gasteiger partial charge in [-0.15, -0.1) is 0 Å². The van der Waals surface area contributed by atoms with Crippen LogP contribution in [0, 0.1) is 5.82 Å². The minimum absolute atomic E-state index is 0.0636. The quantitative estimate of drug-likeness (QED) is 0.791. The zero-order chi connectivity index (χ0) is 10.6. The van der Waals surface area contributed by atoms with Crippen LogP contribution in [0.2, 0.25) is 5.02 Å². The predicted octanol–water partition coefficient (Wildman–Crippen LogP) is 1.05. The molecule has 0 fully saturated rings. The average molecular weight is 217 g/mol. The molecule has 0 saturated heterocycles. The fourth-order valence-electron chi connectivity index (χ4n) is 1.04. The minimum atomic E-state index is -0.451. The van der Waals surface area contributed by atoms with Crippen LogP contribution >= 0.6 is 11.6 Å². The highest BCUT2D eigenvalue weighted by Crippen LogP contribution is 2.13. The summed E-state index contributed by atoms with van der Waals surface area (Å²) >= 11 is 5.63. The van der Waals surface area contributed by atoms with Gasteiger partial charge in [-0.1, -0.05) is 11.6 Å². The van der Waals surface area contributed by atoms with Gasteiger partial charge in [0.1, 0.15) is 5.82 Å². The number of carbonyl (C=O) groups excluding carboxylic acids is 1. The van der Waals surface area contributed by atoms with Crippen molar-refractivity contribution in [2.75, 3.05) is 6.54 Å². The first-order valence-corrected chi connectivity index (χ1v) is 4.39. The Bertz CT molecular complexity index is 323. The molecule has 76 valence electrons. The number of hydrogen-bond donors (Lipinski definition) is 2. The molecule has 0 aliphatic rings. The largest absolute Gasteiger partial charge is 0.369 e. The van der Waals surface area contributed by atoms with E-state index in [-0.39, 0.29) is 6.54 Å². The van der Waals surface area contributed by atoms with E-state index < -0.39 is 11.7 Å². The maximum atomic E-state index is 12.8. The van der Waals surface area contributed by atoms with E-state index in [4.69, 9.17) is 17.3 Å². The predicted molar refractivity (Wildman–Crippen MR) is 52.3 cm³/mol. The molecule has 0 radical (unpaired) electrons. The molecule has 1 aromatic rings. The van der Waals surface area contributed by atoms with E-state index in [9.17, 15) is 9.18 Å². The van der Waals surface area contributed by atoms with Crippen LogP contribution in [-0.4, -0.2) is 12.5 Å². The summed E-state index contributed by atoms with van der Waals surface area (Å²) in [6.07, 6.45) is 0. The van der Waals surface area contributed by atoms with E-state index in [2.05, 4.69) is 5.32 Å². The molecule has 0 aliphatic carbocycles. The lowest BCUT2D eigenvalue weighted by Gasteiger charge is -2.03. The molecule has 3 N–H and O–H groups in total. The van der Waals surface area contributed by atoms with Gasteiger partial charge in [0.15, 0.2) is 0 Å². The van der Waals surface area contributed by atoms with E-state index in [0.29, 0.717) is 17.1 Å². The number of carbonyl (C=O) groups is 1. The molecular formula is C9H10ClFN2O. The van der Waals surface area contributed by atoms with Gasteiger partial charge in [0.2, 0.25) is 5.91 Å². The fourth-order valence-corrected chi connectivity index (χ4v) is 1.29. The Morgan fingerprint density at radius 3 is 2.79 bits per heavy atom. The summed E-state index contributed by atoms with van der Waals surface area (Å²) in [5.41, 5.74) is 5.59. The first-order valence-electron chi connectivity index (χ1n) is 4.02. The highest BCUT2D eigenvalue weighted by Gasteiger charge is 1.99. The lowest BCUT2D eigenvalue weighted by molar-refractivity contribution is -0.117. The van der Waals surface area contributed by atoms with Crippen LogP contribution in [0.3, 0.4) is 0 Å². The minimum Gasteiger partial charge on any atom is -0.369 e. The normalized spacial score (nSPS) is 10.1. The first kappa shape index (κ1) is 10.9. The Morgan fingerprint density at radius 2 is 2.21 bits per heavy atom. The summed E-state index contributed by atoms with van der Waals surface area (Å²) in [6, 6.07) is 4.19. The zero-order valence-corrected chi connectivity index (χ0v) is 8.14. The summed E-state index contributed by atoms with van der Waals surface area (Å²) in [7, 11) is 0. The molecule has 14 heavy (non-hydrogen) atoms. The number of nitrogens with two attached hydrogens (primary N) is 1. The number of rotatable bonds is 4. The van der Waals surface area contributed by atoms with Gasteiger partial charge in [0, 0.05) is 11.6 Å². The van der Waals surface area contributed by atoms with Crippen molar-refractivity contribution in [1.29, 1.82) is 0 Å². The molecule has 0 aromatic heterocycles. The standard InChI is InChI=1S/C9H10ClFN2O/c10-7-1-6(2-8(11)3-7)4-13-5-9(12)14/h1-3,13H,4-5H2,(H2,12,14). The van der Waals surface area contributed by atoms with E-state index >= 15 is 0 Å². The number of benzene rings is 1. The van der Waals surface area contributed by atoms with Crippen molar-refractivity contribution in [3.63, 3.8) is 0 Å². The molecule has 1 aromatic carbocycles. The second-order valence-corrected chi connectivity index (χ2v) is 3.28. The second kappa shape index (κ2) is 4.93. The molecule has 0 saturated carbocycles. The van der Waals surface area contributed by atoms with E-state index in [1.165, 1.54) is 12.1 Å². The Kier molecular flexibility index (Phi) is 3.85. The Hall–Kier alpha value is -1.13. The van der Waals surface area contributed by atoms with Crippen molar-refractivity contribution in [3.05, 3.63) is 34.6 Å². The van der Waals surface area contributed by atoms with Crippen molar-refractivity contribution in [1.82, 2.24) is 5.32 Å². The van der Waals surface area contributed by atoms with Gasteiger partial charge in [0.05, 0.1) is 6.54 Å². The van der Waals surface area contributed by atoms with E-state index in [1.807, 2.05) is 0 Å². The lowest BCUT2D eigenvalue weighted by atomic mass is 10.2. The lowest BCUT2D eigenvalue weighted by Crippen LogP contribution is -2.28. The maximum Gasteiger partial charge on any atom is 0.231 e. The average Bonchev–Trinajstić information content (AvgIpc) is 2.01. The van der Waals surface area contributed by atoms with Crippen molar-refractivity contribution in [3.8, 4) is 0 Å². The van der Waals surface area contributed by atoms with Gasteiger partial charge in [-0.05, 0) is 23.8 Å². The fraction of sp³-hybridized carbons (Fsp3) is 0.222. The summed E-state index contributed by atoms with van der Waals surface area (Å²) < 4.78 is 12.8. The SMILES string of the molecule is NC(=O)CNCc1cc(F)cc(Cl)c1. The summed E-state index contributed by atoms with van der Waals surface area (Å²) in [5, 5.41) is 3.09. The number of halogens is 2. The van der Waals surface area contributed by atoms with Crippen LogP contribution in [0.5, 0.6) is 0 Å². The first-order chi connectivity index (χ1) is 6.58. The van der Waals surface area contributed by atoms with E-state index in [0.717, 1.165) is 0 Å². The molecular weight excluding hydrogens is 207 g/mol. The Labute approximate surface area is 86.0 Å². The third-order valence-electron chi connectivity index (χ3n) is 1.55. The van der Waals surface area contributed by atoms with Crippen LogP contribution < -0.4 is 11.1 Å². The molecule has 0 bridgehead atoms. The maximum absolute atomic E-state index is 12.8. The van der Waals surface area contributed by atoms with Crippen LogP contribution in [0.15, 0.2) is 18.2 Å². The molecule has 0 heterocycles. The molecule has 0 aliphatic heterocycles. The van der Waals surface area contributed by atoms with Crippen molar-refractivity contribution >= 4 is 17.5 Å². The van der Waals surface area contributed by atoms with Gasteiger partial charge in [-0.3, -0.25) is 4.79 Å². The van der Waals surface area contributed by atoms with Gasteiger partial charge in [0.25, 0.3) is 0 Å². The third-order valence-corrected chi connectivity index (χ3v) is 1.77. The molecule has 0 unspecified atom stereocenters. The highest BCUT2D eigenvalue weighted by atomic mass is 35.5. The van der Waals surface area contributed by atoms with Gasteiger partial charge in [-0.2, -0.15) is 0 Å². The second-order valence-electron chi connectivity index (χ2n) is 2.85. The van der Waals surface area contributed by atoms with Crippen LogP contribution in [0.4, 0.5) is 4.39 Å². The van der Waals surface area contributed by atoms with Crippen molar-refractivity contribution in [2.24, 2.45) is 5.73 Å². The highest BCUT2D eigenvalue weighted by molar-refractivity contribution is 6.30. The number of primary amides is 1. The van der Waals surface area contributed by atoms with Crippen LogP contribution in [0.25, 0.3) is 0 Å². The van der Waals surface area contributed by atoms with E-state index in [1.54, 1.807) is 6.07 Å². The molecule has 0 atom stereocenters. The van der Waals surface area contributed by atoms with Gasteiger partial charge in [-0.25, -0.2) is 4.39 Å². The van der Waals surface area contributed by atoms with Crippen LogP contribution in [-0.2, 0) is 11.3 Å². The number of nitrogens with one attached hydrogen (secondary N) is 1. The van der Waals surface area contributed by atoms with Gasteiger partial charge >= 0.3 is 0 Å².